The summed E-state index contributed by atoms with van der Waals surface area (Å²) in [6, 6.07) is 7.63. The summed E-state index contributed by atoms with van der Waals surface area (Å²) in [5.74, 6) is 0. The number of halogens is 1. The second kappa shape index (κ2) is 5.09. The van der Waals surface area contributed by atoms with Gasteiger partial charge in [-0.1, -0.05) is 30.4 Å². The molecule has 12 heavy (non-hydrogen) atoms. The van der Waals surface area contributed by atoms with Crippen molar-refractivity contribution in [1.29, 1.82) is 0 Å². The zero-order valence-corrected chi connectivity index (χ0v) is 8.12. The highest BCUT2D eigenvalue weighted by Crippen LogP contribution is 2.03. The van der Waals surface area contributed by atoms with Crippen LogP contribution in [-0.4, -0.2) is 4.99 Å². The van der Waals surface area contributed by atoms with Crippen LogP contribution in [0, 0.1) is 0 Å². The molecule has 66 valence electrons. The van der Waals surface area contributed by atoms with Crippen molar-refractivity contribution >= 4 is 29.6 Å². The fraction of sp³-hybridized carbons (Fsp3) is 0.125. The molecule has 1 aromatic carbocycles. The van der Waals surface area contributed by atoms with E-state index in [0.717, 1.165) is 11.1 Å². The van der Waals surface area contributed by atoms with Crippen LogP contribution in [0.25, 0.3) is 0 Å². The third-order valence-electron chi connectivity index (χ3n) is 1.45. The molecule has 1 rings (SSSR count). The Morgan fingerprint density at radius 1 is 1.42 bits per heavy atom. The summed E-state index contributed by atoms with van der Waals surface area (Å²) in [7, 11) is 0. The van der Waals surface area contributed by atoms with Crippen LogP contribution in [-0.2, 0) is 6.54 Å². The molecular formula is C8H11ClN2S. The largest absolute Gasteiger partial charge is 0.389 e. The van der Waals surface area contributed by atoms with Crippen LogP contribution in [0.4, 0.5) is 0 Å². The van der Waals surface area contributed by atoms with Crippen molar-refractivity contribution in [3.63, 3.8) is 0 Å². The molecule has 0 heterocycles. The van der Waals surface area contributed by atoms with Gasteiger partial charge in [0.15, 0.2) is 0 Å². The smallest absolute Gasteiger partial charge is 0.103 e. The Kier molecular flexibility index (Phi) is 4.81. The van der Waals surface area contributed by atoms with Gasteiger partial charge in [-0.25, -0.2) is 0 Å². The average Bonchev–Trinajstić information content (AvgIpc) is 2.05. The maximum absolute atomic E-state index is 5.43. The normalized spacial score (nSPS) is 8.75. The summed E-state index contributed by atoms with van der Waals surface area (Å²) >= 11 is 4.81. The molecule has 0 unspecified atom stereocenters. The van der Waals surface area contributed by atoms with Crippen LogP contribution in [0.5, 0.6) is 0 Å². The summed E-state index contributed by atoms with van der Waals surface area (Å²) in [6.07, 6.45) is 0. The SMILES string of the molecule is Cl.NCc1cccc(C(N)=S)c1. The molecule has 0 saturated heterocycles. The molecule has 0 fully saturated rings. The van der Waals surface area contributed by atoms with E-state index in [-0.39, 0.29) is 12.4 Å². The Bertz CT molecular complexity index is 276. The molecule has 4 N–H and O–H groups in total. The fourth-order valence-electron chi connectivity index (χ4n) is 0.852. The standard InChI is InChI=1S/C8H10N2S.ClH/c9-5-6-2-1-3-7(4-6)8(10)11;/h1-4H,5,9H2,(H2,10,11);1H. The van der Waals surface area contributed by atoms with Crippen molar-refractivity contribution in [3.8, 4) is 0 Å². The molecule has 0 aliphatic carbocycles. The summed E-state index contributed by atoms with van der Waals surface area (Å²) in [5.41, 5.74) is 12.8. The van der Waals surface area contributed by atoms with Gasteiger partial charge in [0.1, 0.15) is 4.99 Å². The summed E-state index contributed by atoms with van der Waals surface area (Å²) in [5, 5.41) is 0. The van der Waals surface area contributed by atoms with Gasteiger partial charge in [0.05, 0.1) is 0 Å². The van der Waals surface area contributed by atoms with E-state index in [9.17, 15) is 0 Å². The van der Waals surface area contributed by atoms with Gasteiger partial charge in [-0.05, 0) is 11.6 Å². The number of nitrogens with two attached hydrogens (primary N) is 2. The van der Waals surface area contributed by atoms with E-state index in [4.69, 9.17) is 23.7 Å². The van der Waals surface area contributed by atoms with E-state index in [0.29, 0.717) is 11.5 Å². The molecule has 0 radical (unpaired) electrons. The second-order valence-corrected chi connectivity index (χ2v) is 2.71. The van der Waals surface area contributed by atoms with Gasteiger partial charge in [0, 0.05) is 12.1 Å². The lowest BCUT2D eigenvalue weighted by Crippen LogP contribution is -2.10. The number of hydrogen-bond donors (Lipinski definition) is 2. The number of rotatable bonds is 2. The van der Waals surface area contributed by atoms with Gasteiger partial charge in [0.25, 0.3) is 0 Å². The van der Waals surface area contributed by atoms with E-state index in [2.05, 4.69) is 0 Å². The van der Waals surface area contributed by atoms with E-state index in [1.54, 1.807) is 0 Å². The second-order valence-electron chi connectivity index (χ2n) is 2.27. The number of hydrogen-bond acceptors (Lipinski definition) is 2. The van der Waals surface area contributed by atoms with Crippen LogP contribution in [0.15, 0.2) is 24.3 Å². The molecule has 0 bridgehead atoms. The third-order valence-corrected chi connectivity index (χ3v) is 1.68. The van der Waals surface area contributed by atoms with Crippen molar-refractivity contribution in [2.45, 2.75) is 6.54 Å². The quantitative estimate of drug-likeness (QED) is 0.709. The van der Waals surface area contributed by atoms with Crippen molar-refractivity contribution in [2.75, 3.05) is 0 Å². The van der Waals surface area contributed by atoms with Gasteiger partial charge in [-0.15, -0.1) is 12.4 Å². The van der Waals surface area contributed by atoms with Gasteiger partial charge < -0.3 is 11.5 Å². The Morgan fingerprint density at radius 3 is 2.58 bits per heavy atom. The molecule has 0 aliphatic rings. The van der Waals surface area contributed by atoms with Crippen molar-refractivity contribution in [1.82, 2.24) is 0 Å². The monoisotopic (exact) mass is 202 g/mol. The Balaban J connectivity index is 0.00000121. The van der Waals surface area contributed by atoms with Crippen LogP contribution in [0.1, 0.15) is 11.1 Å². The van der Waals surface area contributed by atoms with E-state index in [1.807, 2.05) is 24.3 Å². The fourth-order valence-corrected chi connectivity index (χ4v) is 0.979. The maximum atomic E-state index is 5.43. The van der Waals surface area contributed by atoms with Crippen LogP contribution < -0.4 is 11.5 Å². The minimum atomic E-state index is 0. The lowest BCUT2D eigenvalue weighted by molar-refractivity contribution is 1.07. The molecular weight excluding hydrogens is 192 g/mol. The van der Waals surface area contributed by atoms with E-state index < -0.39 is 0 Å². The highest BCUT2D eigenvalue weighted by Gasteiger charge is 1.95. The predicted molar refractivity (Wildman–Crippen MR) is 57.5 cm³/mol. The Hall–Kier alpha value is -0.640. The van der Waals surface area contributed by atoms with E-state index in [1.165, 1.54) is 0 Å². The Morgan fingerprint density at radius 2 is 2.08 bits per heavy atom. The average molecular weight is 203 g/mol. The Labute approximate surface area is 83.4 Å². The molecule has 0 atom stereocenters. The zero-order valence-electron chi connectivity index (χ0n) is 6.49. The third kappa shape index (κ3) is 2.77. The van der Waals surface area contributed by atoms with Gasteiger partial charge >= 0.3 is 0 Å². The molecule has 2 nitrogen and oxygen atoms in total. The van der Waals surface area contributed by atoms with Crippen molar-refractivity contribution < 1.29 is 0 Å². The molecule has 1 aromatic rings. The predicted octanol–water partition coefficient (Wildman–Crippen LogP) is 1.20. The van der Waals surface area contributed by atoms with Crippen LogP contribution in [0.2, 0.25) is 0 Å². The maximum Gasteiger partial charge on any atom is 0.103 e. The molecule has 0 amide bonds. The molecule has 0 spiro atoms. The minimum absolute atomic E-state index is 0. The lowest BCUT2D eigenvalue weighted by Gasteiger charge is -1.99. The van der Waals surface area contributed by atoms with Crippen molar-refractivity contribution in [3.05, 3.63) is 35.4 Å². The van der Waals surface area contributed by atoms with E-state index >= 15 is 0 Å². The molecule has 0 aliphatic heterocycles. The zero-order chi connectivity index (χ0) is 8.27. The van der Waals surface area contributed by atoms with Crippen LogP contribution >= 0.6 is 24.6 Å². The van der Waals surface area contributed by atoms with Crippen LogP contribution in [0.3, 0.4) is 0 Å². The first-order chi connectivity index (χ1) is 5.24. The highest BCUT2D eigenvalue weighted by atomic mass is 35.5. The van der Waals surface area contributed by atoms with Crippen molar-refractivity contribution in [2.24, 2.45) is 11.5 Å². The summed E-state index contributed by atoms with van der Waals surface area (Å²) < 4.78 is 0. The topological polar surface area (TPSA) is 52.0 Å². The number of thiocarbonyl (C=S) groups is 1. The minimum Gasteiger partial charge on any atom is -0.389 e. The summed E-state index contributed by atoms with van der Waals surface area (Å²) in [4.78, 5) is 0.417. The first-order valence-corrected chi connectivity index (χ1v) is 3.73. The first-order valence-electron chi connectivity index (χ1n) is 3.33. The summed E-state index contributed by atoms with van der Waals surface area (Å²) in [6.45, 7) is 0.524. The molecule has 0 saturated carbocycles. The molecule has 0 aromatic heterocycles. The first kappa shape index (κ1) is 11.4. The van der Waals surface area contributed by atoms with Gasteiger partial charge in [-0.3, -0.25) is 0 Å². The van der Waals surface area contributed by atoms with Gasteiger partial charge in [0.2, 0.25) is 0 Å². The highest BCUT2D eigenvalue weighted by molar-refractivity contribution is 7.80. The lowest BCUT2D eigenvalue weighted by atomic mass is 10.1. The number of benzene rings is 1. The van der Waals surface area contributed by atoms with Gasteiger partial charge in [-0.2, -0.15) is 0 Å². The molecule has 4 heteroatoms.